The molecule has 1 aliphatic heterocycles. The maximum Gasteiger partial charge on any atom is 0.244 e. The van der Waals surface area contributed by atoms with Crippen LogP contribution in [0.5, 0.6) is 5.75 Å². The Hall–Kier alpha value is -3.38. The molecule has 1 fully saturated rings. The van der Waals surface area contributed by atoms with Crippen LogP contribution in [0.2, 0.25) is 0 Å². The van der Waals surface area contributed by atoms with Crippen LogP contribution >= 0.6 is 0 Å². The van der Waals surface area contributed by atoms with Crippen LogP contribution in [0, 0.1) is 0 Å². The summed E-state index contributed by atoms with van der Waals surface area (Å²) in [7, 11) is 1.63. The summed E-state index contributed by atoms with van der Waals surface area (Å²) >= 11 is 0. The van der Waals surface area contributed by atoms with Gasteiger partial charge in [-0.15, -0.1) is 0 Å². The smallest absolute Gasteiger partial charge is 0.244 e. The molecule has 3 aromatic carbocycles. The van der Waals surface area contributed by atoms with E-state index >= 15 is 0 Å². The number of fused-ring (bicyclic) bond motifs is 1. The predicted octanol–water partition coefficient (Wildman–Crippen LogP) is 3.38. The maximum absolute atomic E-state index is 12.4. The Morgan fingerprint density at radius 3 is 2.77 bits per heavy atom. The first-order valence-corrected chi connectivity index (χ1v) is 10.0. The van der Waals surface area contributed by atoms with Gasteiger partial charge in [0.2, 0.25) is 5.91 Å². The summed E-state index contributed by atoms with van der Waals surface area (Å²) in [6, 6.07) is 20.0. The van der Waals surface area contributed by atoms with Crippen molar-refractivity contribution >= 4 is 28.6 Å². The summed E-state index contributed by atoms with van der Waals surface area (Å²) in [4.78, 5) is 14.6. The molecular weight excluding hydrogens is 378 g/mol. The summed E-state index contributed by atoms with van der Waals surface area (Å²) < 4.78 is 10.9. The van der Waals surface area contributed by atoms with E-state index in [1.807, 2.05) is 60.7 Å². The van der Waals surface area contributed by atoms with Crippen molar-refractivity contribution in [2.24, 2.45) is 5.10 Å². The van der Waals surface area contributed by atoms with Crippen molar-refractivity contribution in [3.63, 3.8) is 0 Å². The van der Waals surface area contributed by atoms with Crippen molar-refractivity contribution in [2.45, 2.75) is 6.42 Å². The number of methoxy groups -OCH3 is 1. The van der Waals surface area contributed by atoms with E-state index in [1.54, 1.807) is 13.3 Å². The molecule has 4 rings (SSSR count). The molecule has 1 aliphatic rings. The Bertz CT molecular complexity index is 1050. The van der Waals surface area contributed by atoms with Gasteiger partial charge in [-0.2, -0.15) is 5.10 Å². The third kappa shape index (κ3) is 4.60. The molecule has 154 valence electrons. The monoisotopic (exact) mass is 403 g/mol. The molecule has 0 unspecified atom stereocenters. The van der Waals surface area contributed by atoms with Crippen LogP contribution in [0.15, 0.2) is 65.8 Å². The number of carbonyl (C=O) groups excluding carboxylic acids is 1. The molecule has 1 saturated heterocycles. The molecule has 0 spiro atoms. The fourth-order valence-corrected chi connectivity index (χ4v) is 3.66. The SMILES string of the molecule is COc1cc(N2CCOCC2)ccc1/C=N\NC(=O)Cc1cccc2ccccc12. The number of rotatable bonds is 6. The number of anilines is 1. The molecule has 6 nitrogen and oxygen atoms in total. The van der Waals surface area contributed by atoms with Crippen molar-refractivity contribution in [1.29, 1.82) is 0 Å². The minimum Gasteiger partial charge on any atom is -0.496 e. The number of nitrogens with one attached hydrogen (secondary N) is 1. The molecule has 0 saturated carbocycles. The number of hydrogen-bond acceptors (Lipinski definition) is 5. The number of carbonyl (C=O) groups is 1. The first-order valence-electron chi connectivity index (χ1n) is 10.0. The van der Waals surface area contributed by atoms with Gasteiger partial charge in [-0.25, -0.2) is 5.43 Å². The van der Waals surface area contributed by atoms with E-state index in [9.17, 15) is 4.79 Å². The fourth-order valence-electron chi connectivity index (χ4n) is 3.66. The number of amides is 1. The number of ether oxygens (including phenoxy) is 2. The minimum atomic E-state index is -0.161. The van der Waals surface area contributed by atoms with Gasteiger partial charge in [0.1, 0.15) is 5.75 Å². The molecule has 3 aromatic rings. The summed E-state index contributed by atoms with van der Waals surface area (Å²) in [6.45, 7) is 3.18. The summed E-state index contributed by atoms with van der Waals surface area (Å²) in [5, 5.41) is 6.33. The van der Waals surface area contributed by atoms with E-state index < -0.39 is 0 Å². The quantitative estimate of drug-likeness (QED) is 0.506. The van der Waals surface area contributed by atoms with Crippen molar-refractivity contribution < 1.29 is 14.3 Å². The van der Waals surface area contributed by atoms with Gasteiger partial charge < -0.3 is 14.4 Å². The summed E-state index contributed by atoms with van der Waals surface area (Å²) in [6.07, 6.45) is 1.88. The van der Waals surface area contributed by atoms with Crippen molar-refractivity contribution in [1.82, 2.24) is 5.43 Å². The predicted molar refractivity (Wildman–Crippen MR) is 119 cm³/mol. The van der Waals surface area contributed by atoms with E-state index in [4.69, 9.17) is 9.47 Å². The number of hydrazone groups is 1. The number of hydrogen-bond donors (Lipinski definition) is 1. The lowest BCUT2D eigenvalue weighted by atomic mass is 10.0. The van der Waals surface area contributed by atoms with Crippen molar-refractivity contribution in [3.8, 4) is 5.75 Å². The molecule has 1 N–H and O–H groups in total. The number of benzene rings is 3. The fraction of sp³-hybridized carbons (Fsp3) is 0.250. The van der Waals surface area contributed by atoms with Crippen LogP contribution in [-0.4, -0.2) is 45.5 Å². The molecule has 1 heterocycles. The van der Waals surface area contributed by atoms with Crippen LogP contribution in [-0.2, 0) is 16.0 Å². The van der Waals surface area contributed by atoms with E-state index in [0.29, 0.717) is 5.75 Å². The van der Waals surface area contributed by atoms with Gasteiger partial charge in [0.25, 0.3) is 0 Å². The number of morpholine rings is 1. The first-order chi connectivity index (χ1) is 14.7. The second-order valence-corrected chi connectivity index (χ2v) is 7.13. The minimum absolute atomic E-state index is 0.161. The lowest BCUT2D eigenvalue weighted by Gasteiger charge is -2.29. The zero-order chi connectivity index (χ0) is 20.8. The molecule has 1 amide bonds. The molecule has 0 aromatic heterocycles. The van der Waals surface area contributed by atoms with Crippen molar-refractivity contribution in [3.05, 3.63) is 71.8 Å². The Balaban J connectivity index is 1.41. The number of nitrogens with zero attached hydrogens (tertiary/aromatic N) is 2. The standard InChI is InChI=1S/C24H25N3O3/c1-29-23-16-21(27-11-13-30-14-12-27)10-9-20(23)17-25-26-24(28)15-19-7-4-6-18-5-2-3-8-22(18)19/h2-10,16-17H,11-15H2,1H3,(H,26,28)/b25-17-. The van der Waals surface area contributed by atoms with E-state index in [1.165, 1.54) is 0 Å². The first kappa shape index (κ1) is 19.9. The average molecular weight is 403 g/mol. The Morgan fingerprint density at radius 2 is 1.93 bits per heavy atom. The van der Waals surface area contributed by atoms with Gasteiger partial charge >= 0.3 is 0 Å². The lowest BCUT2D eigenvalue weighted by Crippen LogP contribution is -2.36. The Labute approximate surface area is 176 Å². The van der Waals surface area contributed by atoms with E-state index in [-0.39, 0.29) is 12.3 Å². The normalized spacial score (nSPS) is 14.2. The topological polar surface area (TPSA) is 63.2 Å². The second-order valence-electron chi connectivity index (χ2n) is 7.13. The Kier molecular flexibility index (Phi) is 6.25. The summed E-state index contributed by atoms with van der Waals surface area (Å²) in [5.74, 6) is 0.553. The van der Waals surface area contributed by atoms with Crippen LogP contribution < -0.4 is 15.1 Å². The van der Waals surface area contributed by atoms with Crippen LogP contribution in [0.3, 0.4) is 0 Å². The van der Waals surface area contributed by atoms with Gasteiger partial charge in [0.05, 0.1) is 33.0 Å². The highest BCUT2D eigenvalue weighted by atomic mass is 16.5. The zero-order valence-electron chi connectivity index (χ0n) is 17.0. The highest BCUT2D eigenvalue weighted by Crippen LogP contribution is 2.25. The van der Waals surface area contributed by atoms with Crippen LogP contribution in [0.25, 0.3) is 10.8 Å². The van der Waals surface area contributed by atoms with Crippen LogP contribution in [0.1, 0.15) is 11.1 Å². The van der Waals surface area contributed by atoms with Gasteiger partial charge in [-0.3, -0.25) is 4.79 Å². The van der Waals surface area contributed by atoms with E-state index in [0.717, 1.165) is 53.9 Å². The molecule has 0 aliphatic carbocycles. The third-order valence-corrected chi connectivity index (χ3v) is 5.22. The zero-order valence-corrected chi connectivity index (χ0v) is 17.0. The largest absolute Gasteiger partial charge is 0.496 e. The lowest BCUT2D eigenvalue weighted by molar-refractivity contribution is -0.120. The average Bonchev–Trinajstić information content (AvgIpc) is 2.80. The molecule has 30 heavy (non-hydrogen) atoms. The second kappa shape index (κ2) is 9.41. The maximum atomic E-state index is 12.4. The highest BCUT2D eigenvalue weighted by molar-refractivity contribution is 5.91. The third-order valence-electron chi connectivity index (χ3n) is 5.22. The van der Waals surface area contributed by atoms with Gasteiger partial charge in [-0.05, 0) is 28.5 Å². The molecule has 6 heteroatoms. The van der Waals surface area contributed by atoms with Gasteiger partial charge in [-0.1, -0.05) is 42.5 Å². The molecule has 0 bridgehead atoms. The summed E-state index contributed by atoms with van der Waals surface area (Å²) in [5.41, 5.74) is 5.50. The van der Waals surface area contributed by atoms with Gasteiger partial charge in [0.15, 0.2) is 0 Å². The Morgan fingerprint density at radius 1 is 1.13 bits per heavy atom. The molecule has 0 radical (unpaired) electrons. The molecular formula is C24H25N3O3. The van der Waals surface area contributed by atoms with E-state index in [2.05, 4.69) is 15.4 Å². The van der Waals surface area contributed by atoms with Gasteiger partial charge in [0, 0.05) is 30.4 Å². The van der Waals surface area contributed by atoms with Crippen LogP contribution in [0.4, 0.5) is 5.69 Å². The highest BCUT2D eigenvalue weighted by Gasteiger charge is 2.13. The molecule has 0 atom stereocenters. The van der Waals surface area contributed by atoms with Crippen molar-refractivity contribution in [2.75, 3.05) is 38.3 Å².